The van der Waals surface area contributed by atoms with E-state index in [1.54, 1.807) is 12.1 Å². The number of carboxylic acids is 1. The Balaban J connectivity index is 2.73. The van der Waals surface area contributed by atoms with Crippen LogP contribution in [-0.4, -0.2) is 17.0 Å². The first kappa shape index (κ1) is 12.4. The Kier molecular flexibility index (Phi) is 4.25. The standard InChI is InChI=1S/C11H10BrNO3/c1-7-6-8(12)2-3-9(7)13-10(14)4-5-11(15)16/h2-6H,1H3,(H,13,14)(H,15,16)/b5-4-. The number of carboxylic acid groups (broad SMARTS) is 1. The van der Waals surface area contributed by atoms with E-state index in [4.69, 9.17) is 5.11 Å². The van der Waals surface area contributed by atoms with Crippen molar-refractivity contribution >= 4 is 33.5 Å². The molecule has 0 aliphatic heterocycles. The van der Waals surface area contributed by atoms with Gasteiger partial charge in [0, 0.05) is 22.3 Å². The van der Waals surface area contributed by atoms with Crippen LogP contribution in [0.3, 0.4) is 0 Å². The van der Waals surface area contributed by atoms with Crippen LogP contribution in [0.4, 0.5) is 5.69 Å². The molecule has 1 amide bonds. The van der Waals surface area contributed by atoms with E-state index in [1.807, 2.05) is 13.0 Å². The molecule has 0 spiro atoms. The highest BCUT2D eigenvalue weighted by molar-refractivity contribution is 9.10. The van der Waals surface area contributed by atoms with Crippen LogP contribution in [0.1, 0.15) is 5.56 Å². The van der Waals surface area contributed by atoms with Crippen LogP contribution in [0, 0.1) is 6.92 Å². The van der Waals surface area contributed by atoms with Gasteiger partial charge in [0.25, 0.3) is 0 Å². The van der Waals surface area contributed by atoms with Crippen LogP contribution in [0.2, 0.25) is 0 Å². The van der Waals surface area contributed by atoms with Crippen LogP contribution < -0.4 is 5.32 Å². The Morgan fingerprint density at radius 3 is 2.62 bits per heavy atom. The molecular weight excluding hydrogens is 274 g/mol. The van der Waals surface area contributed by atoms with Crippen molar-refractivity contribution in [3.8, 4) is 0 Å². The summed E-state index contributed by atoms with van der Waals surface area (Å²) in [6.45, 7) is 1.85. The number of carbonyl (C=O) groups excluding carboxylic acids is 1. The molecule has 0 heterocycles. The minimum absolute atomic E-state index is 0.465. The maximum absolute atomic E-state index is 11.3. The van der Waals surface area contributed by atoms with E-state index < -0.39 is 11.9 Å². The lowest BCUT2D eigenvalue weighted by atomic mass is 10.2. The second-order valence-electron chi connectivity index (χ2n) is 3.12. The van der Waals surface area contributed by atoms with Gasteiger partial charge in [-0.2, -0.15) is 0 Å². The molecule has 0 aliphatic carbocycles. The number of benzene rings is 1. The van der Waals surface area contributed by atoms with E-state index in [0.29, 0.717) is 5.69 Å². The first-order chi connectivity index (χ1) is 7.49. The van der Waals surface area contributed by atoms with Crippen LogP contribution in [0.15, 0.2) is 34.8 Å². The van der Waals surface area contributed by atoms with E-state index in [1.165, 1.54) is 0 Å². The van der Waals surface area contributed by atoms with Gasteiger partial charge in [-0.1, -0.05) is 15.9 Å². The molecule has 5 heteroatoms. The van der Waals surface area contributed by atoms with Crippen LogP contribution in [0.25, 0.3) is 0 Å². The SMILES string of the molecule is Cc1cc(Br)ccc1NC(=O)/C=C\C(=O)O. The van der Waals surface area contributed by atoms with Crippen molar-refractivity contribution in [1.82, 2.24) is 0 Å². The number of nitrogens with one attached hydrogen (secondary N) is 1. The highest BCUT2D eigenvalue weighted by Gasteiger charge is 2.02. The maximum atomic E-state index is 11.3. The van der Waals surface area contributed by atoms with Crippen molar-refractivity contribution in [2.75, 3.05) is 5.32 Å². The van der Waals surface area contributed by atoms with Crippen molar-refractivity contribution in [2.24, 2.45) is 0 Å². The molecule has 84 valence electrons. The average Bonchev–Trinajstić information content (AvgIpc) is 2.19. The van der Waals surface area contributed by atoms with Gasteiger partial charge < -0.3 is 10.4 Å². The lowest BCUT2D eigenvalue weighted by Crippen LogP contribution is -2.09. The van der Waals surface area contributed by atoms with Crippen molar-refractivity contribution in [3.63, 3.8) is 0 Å². The summed E-state index contributed by atoms with van der Waals surface area (Å²) in [4.78, 5) is 21.5. The van der Waals surface area contributed by atoms with E-state index in [-0.39, 0.29) is 0 Å². The highest BCUT2D eigenvalue weighted by Crippen LogP contribution is 2.19. The van der Waals surface area contributed by atoms with E-state index in [2.05, 4.69) is 21.2 Å². The molecule has 4 nitrogen and oxygen atoms in total. The molecule has 1 aromatic rings. The molecule has 0 unspecified atom stereocenters. The van der Waals surface area contributed by atoms with Crippen LogP contribution in [-0.2, 0) is 9.59 Å². The zero-order valence-corrected chi connectivity index (χ0v) is 10.1. The van der Waals surface area contributed by atoms with Gasteiger partial charge in [0.1, 0.15) is 0 Å². The quantitative estimate of drug-likeness (QED) is 0.837. The number of rotatable bonds is 3. The number of hydrogen-bond donors (Lipinski definition) is 2. The van der Waals surface area contributed by atoms with Crippen molar-refractivity contribution in [1.29, 1.82) is 0 Å². The summed E-state index contributed by atoms with van der Waals surface area (Å²) < 4.78 is 0.920. The first-order valence-electron chi connectivity index (χ1n) is 4.47. The van der Waals surface area contributed by atoms with Crippen molar-refractivity contribution < 1.29 is 14.7 Å². The smallest absolute Gasteiger partial charge is 0.328 e. The molecule has 0 bridgehead atoms. The third-order valence-electron chi connectivity index (χ3n) is 1.82. The van der Waals surface area contributed by atoms with Gasteiger partial charge in [-0.25, -0.2) is 4.79 Å². The molecule has 2 N–H and O–H groups in total. The average molecular weight is 284 g/mol. The van der Waals surface area contributed by atoms with Gasteiger partial charge in [0.2, 0.25) is 5.91 Å². The van der Waals surface area contributed by atoms with Crippen molar-refractivity contribution in [2.45, 2.75) is 6.92 Å². The lowest BCUT2D eigenvalue weighted by molar-refractivity contribution is -0.131. The molecule has 1 aromatic carbocycles. The molecule has 0 aromatic heterocycles. The monoisotopic (exact) mass is 283 g/mol. The molecule has 16 heavy (non-hydrogen) atoms. The maximum Gasteiger partial charge on any atom is 0.328 e. The normalized spacial score (nSPS) is 10.4. The lowest BCUT2D eigenvalue weighted by Gasteiger charge is -2.06. The van der Waals surface area contributed by atoms with Crippen LogP contribution >= 0.6 is 15.9 Å². The minimum Gasteiger partial charge on any atom is -0.478 e. The van der Waals surface area contributed by atoms with Crippen molar-refractivity contribution in [3.05, 3.63) is 40.4 Å². The molecule has 0 radical (unpaired) electrons. The molecule has 0 saturated heterocycles. The topological polar surface area (TPSA) is 66.4 Å². The number of amides is 1. The number of halogens is 1. The first-order valence-corrected chi connectivity index (χ1v) is 5.26. The van der Waals surface area contributed by atoms with Gasteiger partial charge in [0.15, 0.2) is 0 Å². The largest absolute Gasteiger partial charge is 0.478 e. The summed E-state index contributed by atoms with van der Waals surface area (Å²) in [5, 5.41) is 10.9. The van der Waals surface area contributed by atoms with Crippen LogP contribution in [0.5, 0.6) is 0 Å². The minimum atomic E-state index is -1.15. The molecule has 0 saturated carbocycles. The summed E-state index contributed by atoms with van der Waals surface area (Å²) in [5.41, 5.74) is 1.55. The van der Waals surface area contributed by atoms with Gasteiger partial charge in [-0.15, -0.1) is 0 Å². The predicted octanol–water partition coefficient (Wildman–Crippen LogP) is 2.34. The third kappa shape index (κ3) is 3.86. The Morgan fingerprint density at radius 2 is 2.06 bits per heavy atom. The fraction of sp³-hybridized carbons (Fsp3) is 0.0909. The van der Waals surface area contributed by atoms with Gasteiger partial charge in [-0.05, 0) is 30.7 Å². The van der Waals surface area contributed by atoms with Gasteiger partial charge in [0.05, 0.1) is 0 Å². The Labute approximate surface area is 101 Å². The molecule has 1 rings (SSSR count). The molecule has 0 aliphatic rings. The number of aryl methyl sites for hydroxylation is 1. The second-order valence-corrected chi connectivity index (χ2v) is 4.04. The number of hydrogen-bond acceptors (Lipinski definition) is 2. The number of aliphatic carboxylic acids is 1. The Bertz CT molecular complexity index is 455. The zero-order chi connectivity index (χ0) is 12.1. The Morgan fingerprint density at radius 1 is 1.38 bits per heavy atom. The van der Waals surface area contributed by atoms with Gasteiger partial charge >= 0.3 is 5.97 Å². The fourth-order valence-electron chi connectivity index (χ4n) is 1.09. The fourth-order valence-corrected chi connectivity index (χ4v) is 1.56. The summed E-state index contributed by atoms with van der Waals surface area (Å²) in [6, 6.07) is 5.39. The summed E-state index contributed by atoms with van der Waals surface area (Å²) in [6.07, 6.45) is 1.77. The predicted molar refractivity (Wildman–Crippen MR) is 64.3 cm³/mol. The number of anilines is 1. The van der Waals surface area contributed by atoms with Gasteiger partial charge in [-0.3, -0.25) is 4.79 Å². The second kappa shape index (κ2) is 5.46. The molecule has 0 atom stereocenters. The van der Waals surface area contributed by atoms with E-state index in [0.717, 1.165) is 22.2 Å². The zero-order valence-electron chi connectivity index (χ0n) is 8.53. The molecular formula is C11H10BrNO3. The third-order valence-corrected chi connectivity index (χ3v) is 2.32. The van der Waals surface area contributed by atoms with E-state index >= 15 is 0 Å². The van der Waals surface area contributed by atoms with E-state index in [9.17, 15) is 9.59 Å². The summed E-state index contributed by atoms with van der Waals surface area (Å²) >= 11 is 3.31. The summed E-state index contributed by atoms with van der Waals surface area (Å²) in [7, 11) is 0. The number of carbonyl (C=O) groups is 2. The summed E-state index contributed by atoms with van der Waals surface area (Å²) in [5.74, 6) is -1.62. The Hall–Kier alpha value is -1.62. The molecule has 0 fully saturated rings. The highest BCUT2D eigenvalue weighted by atomic mass is 79.9.